The van der Waals surface area contributed by atoms with Crippen molar-refractivity contribution in [3.8, 4) is 33.4 Å². The molecule has 0 unspecified atom stereocenters. The summed E-state index contributed by atoms with van der Waals surface area (Å²) >= 11 is 0. The minimum Gasteiger partial charge on any atom is -0.311 e. The van der Waals surface area contributed by atoms with Gasteiger partial charge in [-0.15, -0.1) is 0 Å². The molecule has 0 saturated heterocycles. The Bertz CT molecular complexity index is 3720. The lowest BCUT2D eigenvalue weighted by Gasteiger charge is -2.41. The molecule has 0 fully saturated rings. The standard InChI is InChI=1S/C65H56N2Si2/c1-41-29-30-43(37-42(41)2)63-49-35-32-46(67-57-23-13-17-27-61(57)69(7,8)62-28-18-14-24-58(62)67)40-52(49)64(44-31-34-48-47-19-9-10-20-53(47)65(3,4)54(48)38-44)50-36-33-45(39-51(50)63)66-55-21-11-15-25-59(55)68(5,6)60-26-16-12-22-56(60)66/h9-40H,1-8H3. The van der Waals surface area contributed by atoms with Gasteiger partial charge in [-0.05, 0) is 166 Å². The van der Waals surface area contributed by atoms with E-state index in [0.717, 1.165) is 0 Å². The number of fused-ring (bicyclic) bond motifs is 9. The zero-order chi connectivity index (χ0) is 47.1. The van der Waals surface area contributed by atoms with Crippen molar-refractivity contribution in [3.63, 3.8) is 0 Å². The van der Waals surface area contributed by atoms with Crippen LogP contribution in [0.4, 0.5) is 34.1 Å². The molecule has 2 nitrogen and oxygen atoms in total. The van der Waals surface area contributed by atoms with E-state index >= 15 is 0 Å². The molecular weight excluding hydrogens is 865 g/mol. The first-order chi connectivity index (χ1) is 33.3. The second-order valence-electron chi connectivity index (χ2n) is 21.4. The van der Waals surface area contributed by atoms with Crippen molar-refractivity contribution in [2.45, 2.75) is 59.3 Å². The molecule has 0 amide bonds. The molecular formula is C65H56N2Si2. The first-order valence-electron chi connectivity index (χ1n) is 24.7. The first kappa shape index (κ1) is 41.9. The Morgan fingerprint density at radius 1 is 0.348 bits per heavy atom. The van der Waals surface area contributed by atoms with Crippen LogP contribution in [0.3, 0.4) is 0 Å². The van der Waals surface area contributed by atoms with Crippen molar-refractivity contribution in [2.24, 2.45) is 0 Å². The maximum Gasteiger partial charge on any atom is 0.117 e. The molecule has 10 aromatic carbocycles. The van der Waals surface area contributed by atoms with E-state index in [9.17, 15) is 0 Å². The fourth-order valence-electron chi connectivity index (χ4n) is 12.8. The normalized spacial score (nSPS) is 15.5. The van der Waals surface area contributed by atoms with Crippen LogP contribution in [0.5, 0.6) is 0 Å². The van der Waals surface area contributed by atoms with Crippen molar-refractivity contribution in [1.82, 2.24) is 0 Å². The fraction of sp³-hybridized carbons (Fsp3) is 0.138. The van der Waals surface area contributed by atoms with Crippen LogP contribution in [0.2, 0.25) is 26.2 Å². The van der Waals surface area contributed by atoms with Crippen LogP contribution in [-0.4, -0.2) is 16.1 Å². The highest BCUT2D eigenvalue weighted by Crippen LogP contribution is 2.53. The van der Waals surface area contributed by atoms with Crippen molar-refractivity contribution < 1.29 is 0 Å². The molecule has 2 aliphatic heterocycles. The Hall–Kier alpha value is -7.25. The van der Waals surface area contributed by atoms with Gasteiger partial charge in [0, 0.05) is 39.5 Å². The minimum absolute atomic E-state index is 0.144. The number of aryl methyl sites for hydroxylation is 2. The Morgan fingerprint density at radius 2 is 0.754 bits per heavy atom. The van der Waals surface area contributed by atoms with Gasteiger partial charge < -0.3 is 9.80 Å². The van der Waals surface area contributed by atoms with Gasteiger partial charge in [-0.25, -0.2) is 0 Å². The highest BCUT2D eigenvalue weighted by atomic mass is 28.3. The summed E-state index contributed by atoms with van der Waals surface area (Å²) in [5.74, 6) is 0. The van der Waals surface area contributed by atoms with E-state index in [4.69, 9.17) is 0 Å². The van der Waals surface area contributed by atoms with Gasteiger partial charge in [0.2, 0.25) is 0 Å². The molecule has 10 aromatic rings. The summed E-state index contributed by atoms with van der Waals surface area (Å²) in [6.07, 6.45) is 0. The SMILES string of the molecule is Cc1ccc(-c2c3ccc(N4c5ccccc5[Si](C)(C)c5ccccc54)cc3c(-c3ccc4c(c3)C(C)(C)c3ccccc3-4)c3ccc(N4c5ccccc5[Si](C)(C)c5ccccc54)cc23)cc1C. The summed E-state index contributed by atoms with van der Waals surface area (Å²) < 4.78 is 0. The second kappa shape index (κ2) is 14.9. The van der Waals surface area contributed by atoms with E-state index in [0.29, 0.717) is 0 Å². The van der Waals surface area contributed by atoms with E-state index in [1.54, 1.807) is 0 Å². The molecule has 69 heavy (non-hydrogen) atoms. The van der Waals surface area contributed by atoms with Crippen molar-refractivity contribution in [3.05, 3.63) is 216 Å². The summed E-state index contributed by atoms with van der Waals surface area (Å²) in [4.78, 5) is 5.10. The van der Waals surface area contributed by atoms with Crippen molar-refractivity contribution >= 4 is 92.6 Å². The number of rotatable bonds is 4. The molecule has 1 aliphatic carbocycles. The lowest BCUT2D eigenvalue weighted by molar-refractivity contribution is 0.660. The largest absolute Gasteiger partial charge is 0.311 e. The van der Waals surface area contributed by atoms with Crippen LogP contribution in [0, 0.1) is 13.8 Å². The Labute approximate surface area is 409 Å². The number of nitrogens with zero attached hydrogens (tertiary/aromatic N) is 2. The molecule has 334 valence electrons. The molecule has 2 heterocycles. The summed E-state index contributed by atoms with van der Waals surface area (Å²) in [5, 5.41) is 10.9. The third kappa shape index (κ3) is 5.95. The maximum atomic E-state index is 2.55. The highest BCUT2D eigenvalue weighted by Gasteiger charge is 2.41. The van der Waals surface area contributed by atoms with Gasteiger partial charge in [-0.3, -0.25) is 0 Å². The van der Waals surface area contributed by atoms with Gasteiger partial charge in [0.25, 0.3) is 0 Å². The van der Waals surface area contributed by atoms with Gasteiger partial charge in [-0.2, -0.15) is 0 Å². The maximum absolute atomic E-state index is 2.55. The van der Waals surface area contributed by atoms with Gasteiger partial charge in [0.15, 0.2) is 0 Å². The Morgan fingerprint density at radius 3 is 1.23 bits per heavy atom. The zero-order valence-electron chi connectivity index (χ0n) is 40.9. The predicted octanol–water partition coefficient (Wildman–Crippen LogP) is 15.5. The molecule has 0 atom stereocenters. The second-order valence-corrected chi connectivity index (χ2v) is 30.1. The summed E-state index contributed by atoms with van der Waals surface area (Å²) in [6, 6.07) is 74.8. The van der Waals surface area contributed by atoms with E-state index in [1.807, 2.05) is 0 Å². The topological polar surface area (TPSA) is 6.48 Å². The molecule has 0 saturated carbocycles. The summed E-state index contributed by atoms with van der Waals surface area (Å²) in [5.41, 5.74) is 20.5. The van der Waals surface area contributed by atoms with Crippen LogP contribution < -0.4 is 30.5 Å². The summed E-state index contributed by atoms with van der Waals surface area (Å²) in [6.45, 7) is 19.3. The average molecular weight is 921 g/mol. The van der Waals surface area contributed by atoms with E-state index < -0.39 is 16.1 Å². The van der Waals surface area contributed by atoms with Crippen molar-refractivity contribution in [2.75, 3.05) is 9.80 Å². The Balaban J connectivity index is 1.15. The van der Waals surface area contributed by atoms with Gasteiger partial charge in [-0.1, -0.05) is 180 Å². The van der Waals surface area contributed by atoms with E-state index in [-0.39, 0.29) is 5.41 Å². The van der Waals surface area contributed by atoms with Gasteiger partial charge in [0.1, 0.15) is 16.1 Å². The summed E-state index contributed by atoms with van der Waals surface area (Å²) in [7, 11) is -3.97. The quantitative estimate of drug-likeness (QED) is 0.128. The number of para-hydroxylation sites is 4. The van der Waals surface area contributed by atoms with E-state index in [2.05, 4.69) is 258 Å². The molecule has 0 bridgehead atoms. The minimum atomic E-state index is -1.99. The molecule has 0 radical (unpaired) electrons. The Kier molecular flexibility index (Phi) is 9.03. The lowest BCUT2D eigenvalue weighted by Crippen LogP contribution is -2.58. The molecule has 0 spiro atoms. The van der Waals surface area contributed by atoms with E-state index in [1.165, 1.54) is 132 Å². The average Bonchev–Trinajstić information content (AvgIpc) is 3.59. The third-order valence-corrected chi connectivity index (χ3v) is 23.6. The van der Waals surface area contributed by atoms with Gasteiger partial charge in [0.05, 0.1) is 0 Å². The molecule has 4 heteroatoms. The first-order valence-corrected chi connectivity index (χ1v) is 30.7. The number of benzene rings is 10. The lowest BCUT2D eigenvalue weighted by atomic mass is 9.80. The fourth-order valence-corrected chi connectivity index (χ4v) is 18.7. The molecule has 0 N–H and O–H groups in total. The van der Waals surface area contributed by atoms with Crippen LogP contribution in [0.1, 0.15) is 36.1 Å². The predicted molar refractivity (Wildman–Crippen MR) is 302 cm³/mol. The highest BCUT2D eigenvalue weighted by molar-refractivity contribution is 7.03. The molecule has 0 aromatic heterocycles. The van der Waals surface area contributed by atoms with Crippen LogP contribution >= 0.6 is 0 Å². The van der Waals surface area contributed by atoms with Gasteiger partial charge >= 0.3 is 0 Å². The van der Waals surface area contributed by atoms with Crippen LogP contribution in [0.15, 0.2) is 194 Å². The van der Waals surface area contributed by atoms with Crippen LogP contribution in [-0.2, 0) is 5.41 Å². The number of hydrogen-bond acceptors (Lipinski definition) is 2. The molecule has 3 aliphatic rings. The molecule has 13 rings (SSSR count). The smallest absolute Gasteiger partial charge is 0.117 e. The van der Waals surface area contributed by atoms with Crippen molar-refractivity contribution in [1.29, 1.82) is 0 Å². The monoisotopic (exact) mass is 920 g/mol. The third-order valence-electron chi connectivity index (χ3n) is 16.5. The zero-order valence-corrected chi connectivity index (χ0v) is 42.9. The number of hydrogen-bond donors (Lipinski definition) is 0. The number of anilines is 6. The van der Waals surface area contributed by atoms with Crippen LogP contribution in [0.25, 0.3) is 54.9 Å².